The van der Waals surface area contributed by atoms with Crippen LogP contribution in [0, 0.1) is 5.82 Å². The SMILES string of the molecule is O=C(N1C=COC(CC2=CC=CCC2)=C1)N1CCC(c2ccc(F)cc2)C1. The summed E-state index contributed by atoms with van der Waals surface area (Å²) >= 11 is 0. The molecule has 0 bridgehead atoms. The topological polar surface area (TPSA) is 32.8 Å². The van der Waals surface area contributed by atoms with E-state index >= 15 is 0 Å². The average molecular weight is 366 g/mol. The lowest BCUT2D eigenvalue weighted by Gasteiger charge is -2.26. The molecule has 4 nitrogen and oxygen atoms in total. The van der Waals surface area contributed by atoms with Gasteiger partial charge in [0.2, 0.25) is 0 Å². The van der Waals surface area contributed by atoms with Crippen LogP contribution in [0.3, 0.4) is 0 Å². The van der Waals surface area contributed by atoms with Gasteiger partial charge >= 0.3 is 6.03 Å². The van der Waals surface area contributed by atoms with Crippen molar-refractivity contribution in [2.45, 2.75) is 31.6 Å². The van der Waals surface area contributed by atoms with Crippen LogP contribution in [0.5, 0.6) is 0 Å². The van der Waals surface area contributed by atoms with E-state index in [-0.39, 0.29) is 17.8 Å². The fourth-order valence-corrected chi connectivity index (χ4v) is 3.75. The minimum absolute atomic E-state index is 0.0471. The van der Waals surface area contributed by atoms with Gasteiger partial charge in [-0.2, -0.15) is 0 Å². The highest BCUT2D eigenvalue weighted by molar-refractivity contribution is 5.77. The molecule has 1 aliphatic carbocycles. The largest absolute Gasteiger partial charge is 0.466 e. The van der Waals surface area contributed by atoms with E-state index in [4.69, 9.17) is 4.74 Å². The Kier molecular flexibility index (Phi) is 5.10. The summed E-state index contributed by atoms with van der Waals surface area (Å²) in [6, 6.07) is 6.54. The molecule has 0 N–H and O–H groups in total. The van der Waals surface area contributed by atoms with Crippen LogP contribution >= 0.6 is 0 Å². The predicted octanol–water partition coefficient (Wildman–Crippen LogP) is 5.05. The minimum atomic E-state index is -0.232. The monoisotopic (exact) mass is 366 g/mol. The molecule has 1 atom stereocenters. The normalized spacial score (nSPS) is 21.7. The number of ether oxygens (including phenoxy) is 1. The van der Waals surface area contributed by atoms with Crippen molar-refractivity contribution in [3.63, 3.8) is 0 Å². The Morgan fingerprint density at radius 1 is 1.26 bits per heavy atom. The number of likely N-dealkylation sites (tertiary alicyclic amines) is 1. The second-order valence-corrected chi connectivity index (χ2v) is 7.14. The molecule has 27 heavy (non-hydrogen) atoms. The molecular formula is C22H23FN2O2. The third-order valence-corrected chi connectivity index (χ3v) is 5.25. The van der Waals surface area contributed by atoms with Crippen LogP contribution in [0.15, 0.2) is 72.5 Å². The second kappa shape index (κ2) is 7.82. The van der Waals surface area contributed by atoms with Gasteiger partial charge in [-0.3, -0.25) is 4.90 Å². The van der Waals surface area contributed by atoms with Gasteiger partial charge < -0.3 is 9.64 Å². The van der Waals surface area contributed by atoms with Gasteiger partial charge in [-0.15, -0.1) is 0 Å². The van der Waals surface area contributed by atoms with Crippen molar-refractivity contribution in [3.8, 4) is 0 Å². The number of allylic oxidation sites excluding steroid dienone is 4. The zero-order chi connectivity index (χ0) is 18.6. The summed E-state index contributed by atoms with van der Waals surface area (Å²) in [5, 5.41) is 0. The van der Waals surface area contributed by atoms with E-state index in [1.165, 1.54) is 17.7 Å². The number of rotatable bonds is 3. The molecule has 0 radical (unpaired) electrons. The van der Waals surface area contributed by atoms with E-state index in [0.29, 0.717) is 13.1 Å². The quantitative estimate of drug-likeness (QED) is 0.750. The lowest BCUT2D eigenvalue weighted by atomic mass is 9.99. The van der Waals surface area contributed by atoms with E-state index in [2.05, 4.69) is 18.2 Å². The molecule has 1 saturated heterocycles. The number of urea groups is 1. The summed E-state index contributed by atoms with van der Waals surface area (Å²) in [5.41, 5.74) is 2.39. The second-order valence-electron chi connectivity index (χ2n) is 7.14. The van der Waals surface area contributed by atoms with Crippen molar-refractivity contribution in [2.24, 2.45) is 0 Å². The summed E-state index contributed by atoms with van der Waals surface area (Å²) in [6.45, 7) is 1.35. The van der Waals surface area contributed by atoms with Gasteiger partial charge in [-0.05, 0) is 37.0 Å². The van der Waals surface area contributed by atoms with Crippen LogP contribution < -0.4 is 0 Å². The smallest absolute Gasteiger partial charge is 0.328 e. The molecular weight excluding hydrogens is 343 g/mol. The molecule has 1 unspecified atom stereocenters. The Morgan fingerprint density at radius 2 is 2.11 bits per heavy atom. The Morgan fingerprint density at radius 3 is 2.89 bits per heavy atom. The van der Waals surface area contributed by atoms with Gasteiger partial charge in [0.15, 0.2) is 0 Å². The van der Waals surface area contributed by atoms with Crippen LogP contribution in [-0.4, -0.2) is 28.9 Å². The van der Waals surface area contributed by atoms with Gasteiger partial charge in [0.1, 0.15) is 17.8 Å². The van der Waals surface area contributed by atoms with Gasteiger partial charge in [0, 0.05) is 31.6 Å². The van der Waals surface area contributed by atoms with Crippen LogP contribution in [0.4, 0.5) is 9.18 Å². The molecule has 2 aliphatic heterocycles. The van der Waals surface area contributed by atoms with Crippen molar-refractivity contribution < 1.29 is 13.9 Å². The Hall–Kier alpha value is -2.82. The summed E-state index contributed by atoms with van der Waals surface area (Å²) in [6.07, 6.45) is 15.0. The van der Waals surface area contributed by atoms with E-state index in [1.54, 1.807) is 23.6 Å². The first-order chi connectivity index (χ1) is 13.2. The molecule has 0 aromatic heterocycles. The molecule has 4 rings (SSSR count). The Labute approximate surface area is 158 Å². The van der Waals surface area contributed by atoms with E-state index in [0.717, 1.165) is 37.0 Å². The van der Waals surface area contributed by atoms with E-state index in [1.807, 2.05) is 17.0 Å². The highest BCUT2D eigenvalue weighted by atomic mass is 19.1. The summed E-state index contributed by atoms with van der Waals surface area (Å²) in [7, 11) is 0. The third-order valence-electron chi connectivity index (χ3n) is 5.25. The maximum Gasteiger partial charge on any atom is 0.328 e. The first kappa shape index (κ1) is 17.6. The zero-order valence-electron chi connectivity index (χ0n) is 15.2. The molecule has 1 fully saturated rings. The fraction of sp³-hybridized carbons (Fsp3) is 0.318. The molecule has 5 heteroatoms. The maximum absolute atomic E-state index is 13.1. The van der Waals surface area contributed by atoms with Crippen molar-refractivity contribution in [1.82, 2.24) is 9.80 Å². The van der Waals surface area contributed by atoms with Crippen molar-refractivity contribution in [2.75, 3.05) is 13.1 Å². The number of hydrogen-bond acceptors (Lipinski definition) is 2. The van der Waals surface area contributed by atoms with Crippen molar-refractivity contribution in [3.05, 3.63) is 83.9 Å². The lowest BCUT2D eigenvalue weighted by molar-refractivity contribution is 0.184. The minimum Gasteiger partial charge on any atom is -0.466 e. The standard InChI is InChI=1S/C22H23FN2O2/c23-20-8-6-18(7-9-20)19-10-11-24(15-19)22(26)25-12-13-27-21(16-25)14-17-4-2-1-3-5-17/h1-2,4,6-9,12-13,16,19H,3,5,10-11,14-15H2. The number of benzene rings is 1. The third kappa shape index (κ3) is 4.13. The number of amides is 2. The summed E-state index contributed by atoms with van der Waals surface area (Å²) < 4.78 is 18.7. The van der Waals surface area contributed by atoms with Crippen LogP contribution in [0.1, 0.15) is 37.2 Å². The van der Waals surface area contributed by atoms with Crippen LogP contribution in [-0.2, 0) is 4.74 Å². The number of halogens is 1. The average Bonchev–Trinajstić information content (AvgIpc) is 3.19. The van der Waals surface area contributed by atoms with Crippen LogP contribution in [0.2, 0.25) is 0 Å². The van der Waals surface area contributed by atoms with Crippen molar-refractivity contribution >= 4 is 6.03 Å². The number of carbonyl (C=O) groups is 1. The Balaban J connectivity index is 1.39. The van der Waals surface area contributed by atoms with Crippen LogP contribution in [0.25, 0.3) is 0 Å². The highest BCUT2D eigenvalue weighted by Gasteiger charge is 2.30. The van der Waals surface area contributed by atoms with E-state index in [9.17, 15) is 9.18 Å². The summed E-state index contributed by atoms with van der Waals surface area (Å²) in [5.74, 6) is 0.799. The number of hydrogen-bond donors (Lipinski definition) is 0. The predicted molar refractivity (Wildman–Crippen MR) is 102 cm³/mol. The molecule has 2 amide bonds. The van der Waals surface area contributed by atoms with Crippen molar-refractivity contribution in [1.29, 1.82) is 0 Å². The van der Waals surface area contributed by atoms with E-state index < -0.39 is 0 Å². The Bertz CT molecular complexity index is 823. The molecule has 140 valence electrons. The molecule has 0 saturated carbocycles. The maximum atomic E-state index is 13.1. The fourth-order valence-electron chi connectivity index (χ4n) is 3.75. The lowest BCUT2D eigenvalue weighted by Crippen LogP contribution is -2.37. The molecule has 1 aromatic carbocycles. The van der Waals surface area contributed by atoms with Gasteiger partial charge in [0.05, 0.1) is 6.20 Å². The molecule has 0 spiro atoms. The zero-order valence-corrected chi connectivity index (χ0v) is 15.2. The first-order valence-electron chi connectivity index (χ1n) is 9.40. The molecule has 1 aromatic rings. The molecule has 3 aliphatic rings. The summed E-state index contributed by atoms with van der Waals surface area (Å²) in [4.78, 5) is 16.3. The number of carbonyl (C=O) groups excluding carboxylic acids is 1. The van der Waals surface area contributed by atoms with Gasteiger partial charge in [0.25, 0.3) is 0 Å². The first-order valence-corrected chi connectivity index (χ1v) is 9.40. The molecule has 2 heterocycles. The van der Waals surface area contributed by atoms with Gasteiger partial charge in [-0.1, -0.05) is 35.9 Å². The number of nitrogens with zero attached hydrogens (tertiary/aromatic N) is 2. The van der Waals surface area contributed by atoms with Gasteiger partial charge in [-0.25, -0.2) is 9.18 Å². The highest BCUT2D eigenvalue weighted by Crippen LogP contribution is 2.29.